The molecule has 2 aliphatic heterocycles. The number of likely N-dealkylation sites (N-methyl/N-ethyl adjacent to an activating group) is 1. The molecule has 1 N–H and O–H groups in total. The monoisotopic (exact) mass is 452 g/mol. The van der Waals surface area contributed by atoms with Crippen molar-refractivity contribution in [2.45, 2.75) is 36.7 Å². The normalized spacial score (nSPS) is 19.1. The average Bonchev–Trinajstić information content (AvgIpc) is 3.13. The van der Waals surface area contributed by atoms with Gasteiger partial charge in [-0.25, -0.2) is 13.1 Å². The number of likely N-dealkylation sites (tertiary alicyclic amines) is 1. The van der Waals surface area contributed by atoms with Crippen LogP contribution in [0.3, 0.4) is 0 Å². The van der Waals surface area contributed by atoms with Crippen LogP contribution in [0.2, 0.25) is 5.15 Å². The van der Waals surface area contributed by atoms with Crippen molar-refractivity contribution in [2.75, 3.05) is 33.2 Å². The average molecular weight is 453 g/mol. The number of benzene rings is 1. The van der Waals surface area contributed by atoms with Gasteiger partial charge in [-0.15, -0.1) is 0 Å². The Labute approximate surface area is 184 Å². The molecule has 9 heteroatoms. The minimum Gasteiger partial charge on any atom is -0.338 e. The number of nitrogens with one attached hydrogen (secondary N) is 1. The summed E-state index contributed by atoms with van der Waals surface area (Å²) >= 11 is 6.36. The quantitative estimate of drug-likeness (QED) is 0.774. The third-order valence-corrected chi connectivity index (χ3v) is 8.31. The first kappa shape index (κ1) is 21.4. The molecule has 1 aromatic heterocycles. The van der Waals surface area contributed by atoms with Crippen LogP contribution in [0.25, 0.3) is 0 Å². The summed E-state index contributed by atoms with van der Waals surface area (Å²) in [5.74, 6) is -0.0656. The number of carbonyl (C=O) groups excluding carboxylic acids is 1. The molecule has 164 valence electrons. The highest BCUT2D eigenvalue weighted by molar-refractivity contribution is 7.89. The van der Waals surface area contributed by atoms with Gasteiger partial charge in [-0.2, -0.15) is 0 Å². The molecule has 4 rings (SSSR count). The fraction of sp³-hybridized carbons (Fsp3) is 0.476. The van der Waals surface area contributed by atoms with Crippen molar-refractivity contribution in [2.24, 2.45) is 0 Å². The Hall–Kier alpha value is -1.87. The molecule has 1 fully saturated rings. The Bertz CT molecular complexity index is 1050. The maximum atomic E-state index is 13.0. The third kappa shape index (κ3) is 3.56. The molecule has 7 nitrogen and oxygen atoms in total. The summed E-state index contributed by atoms with van der Waals surface area (Å²) in [6, 6.07) is 10.2. The third-order valence-electron chi connectivity index (χ3n) is 6.42. The summed E-state index contributed by atoms with van der Waals surface area (Å²) in [7, 11) is -1.38. The lowest BCUT2D eigenvalue weighted by molar-refractivity contribution is 0.0131. The number of rotatable bonds is 4. The van der Waals surface area contributed by atoms with Crippen LogP contribution in [0.1, 0.15) is 37.2 Å². The molecule has 1 saturated heterocycles. The van der Waals surface area contributed by atoms with E-state index in [9.17, 15) is 13.2 Å². The summed E-state index contributed by atoms with van der Waals surface area (Å²) in [5.41, 5.74) is 1.63. The highest BCUT2D eigenvalue weighted by Crippen LogP contribution is 2.42. The topological polar surface area (TPSA) is 74.6 Å². The lowest BCUT2D eigenvalue weighted by Gasteiger charge is -2.50. The van der Waals surface area contributed by atoms with Crippen molar-refractivity contribution >= 4 is 27.5 Å². The molecule has 2 aliphatic rings. The highest BCUT2D eigenvalue weighted by Gasteiger charge is 2.44. The summed E-state index contributed by atoms with van der Waals surface area (Å²) < 4.78 is 28.8. The first-order valence-electron chi connectivity index (χ1n) is 10.2. The van der Waals surface area contributed by atoms with E-state index in [-0.39, 0.29) is 17.8 Å². The number of hydrogen-bond acceptors (Lipinski definition) is 4. The van der Waals surface area contributed by atoms with Crippen LogP contribution in [0.5, 0.6) is 0 Å². The van der Waals surface area contributed by atoms with Gasteiger partial charge in [0, 0.05) is 45.4 Å². The number of sulfonamides is 1. The second-order valence-corrected chi connectivity index (χ2v) is 10.1. The number of amides is 1. The highest BCUT2D eigenvalue weighted by atomic mass is 35.5. The van der Waals surface area contributed by atoms with Gasteiger partial charge in [-0.3, -0.25) is 9.69 Å². The molecule has 1 amide bonds. The summed E-state index contributed by atoms with van der Waals surface area (Å²) in [5, 5.41) is 0.767. The van der Waals surface area contributed by atoms with E-state index in [1.165, 1.54) is 17.8 Å². The molecule has 1 spiro atoms. The van der Waals surface area contributed by atoms with Crippen LogP contribution in [-0.2, 0) is 22.1 Å². The molecule has 3 heterocycles. The zero-order chi connectivity index (χ0) is 21.5. The van der Waals surface area contributed by atoms with Gasteiger partial charge in [0.15, 0.2) is 0 Å². The minimum atomic E-state index is -3.52. The van der Waals surface area contributed by atoms with Crippen molar-refractivity contribution < 1.29 is 14.6 Å². The molecule has 0 aliphatic carbocycles. The van der Waals surface area contributed by atoms with Crippen LogP contribution >= 0.6 is 11.6 Å². The van der Waals surface area contributed by atoms with Gasteiger partial charge >= 0.3 is 0 Å². The van der Waals surface area contributed by atoms with E-state index < -0.39 is 10.0 Å². The Morgan fingerprint density at radius 3 is 2.40 bits per heavy atom. The standard InChI is InChI=1S/C21H27ClN4O3S.H2/c1-3-23-30(28,29)17-6-4-16(5-7-17)20(27)25-12-10-21(11-13-25)18-8-9-19(22)26(18)15-14-24(21)2;/h4-9,23H,3,10-15H2,1-2H3;1H. The zero-order valence-corrected chi connectivity index (χ0v) is 18.8. The molecule has 1 aromatic carbocycles. The second-order valence-electron chi connectivity index (χ2n) is 7.96. The molecule has 0 bridgehead atoms. The smallest absolute Gasteiger partial charge is 0.253 e. The summed E-state index contributed by atoms with van der Waals surface area (Å²) in [6.45, 7) is 5.14. The van der Waals surface area contributed by atoms with Crippen molar-refractivity contribution in [3.05, 3.63) is 52.8 Å². The predicted molar refractivity (Wildman–Crippen MR) is 118 cm³/mol. The zero-order valence-electron chi connectivity index (χ0n) is 17.3. The van der Waals surface area contributed by atoms with Gasteiger partial charge in [-0.1, -0.05) is 18.5 Å². The number of carbonyl (C=O) groups is 1. The molecule has 0 atom stereocenters. The molecular formula is C21H29ClN4O3S. The van der Waals surface area contributed by atoms with Crippen molar-refractivity contribution in [1.29, 1.82) is 0 Å². The molecule has 0 radical (unpaired) electrons. The number of nitrogens with zero attached hydrogens (tertiary/aromatic N) is 3. The van der Waals surface area contributed by atoms with Gasteiger partial charge < -0.3 is 9.47 Å². The summed E-state index contributed by atoms with van der Waals surface area (Å²) in [4.78, 5) is 17.4. The van der Waals surface area contributed by atoms with Crippen LogP contribution in [0.4, 0.5) is 0 Å². The fourth-order valence-corrected chi connectivity index (χ4v) is 5.97. The maximum absolute atomic E-state index is 13.0. The lowest BCUT2D eigenvalue weighted by Crippen LogP contribution is -2.56. The maximum Gasteiger partial charge on any atom is 0.253 e. The minimum absolute atomic E-state index is 0. The van der Waals surface area contributed by atoms with E-state index in [4.69, 9.17) is 11.6 Å². The van der Waals surface area contributed by atoms with Crippen LogP contribution in [0.15, 0.2) is 41.3 Å². The van der Waals surface area contributed by atoms with Gasteiger partial charge in [-0.05, 0) is 56.3 Å². The van der Waals surface area contributed by atoms with E-state index in [1.807, 2.05) is 11.0 Å². The Kier molecular flexibility index (Phi) is 5.69. The summed E-state index contributed by atoms with van der Waals surface area (Å²) in [6.07, 6.45) is 1.67. The van der Waals surface area contributed by atoms with Crippen molar-refractivity contribution in [3.63, 3.8) is 0 Å². The first-order chi connectivity index (χ1) is 14.3. The van der Waals surface area contributed by atoms with Crippen LogP contribution < -0.4 is 4.72 Å². The van der Waals surface area contributed by atoms with Crippen LogP contribution in [-0.4, -0.2) is 61.9 Å². The fourth-order valence-electron chi connectivity index (χ4n) is 4.69. The molecule has 0 unspecified atom stereocenters. The van der Waals surface area contributed by atoms with E-state index >= 15 is 0 Å². The molecule has 2 aromatic rings. The van der Waals surface area contributed by atoms with E-state index in [1.54, 1.807) is 19.1 Å². The van der Waals surface area contributed by atoms with Crippen LogP contribution in [0, 0.1) is 0 Å². The van der Waals surface area contributed by atoms with E-state index in [0.29, 0.717) is 25.2 Å². The SMILES string of the molecule is CCNS(=O)(=O)c1ccc(C(=O)N2CCC3(CC2)c2ccc(Cl)n2CCN3C)cc1.[HH]. The number of halogens is 1. The van der Waals surface area contributed by atoms with E-state index in [0.717, 1.165) is 31.1 Å². The van der Waals surface area contributed by atoms with E-state index in [2.05, 4.69) is 27.3 Å². The number of aromatic nitrogens is 1. The second kappa shape index (κ2) is 8.00. The van der Waals surface area contributed by atoms with Gasteiger partial charge in [0.1, 0.15) is 5.15 Å². The Balaban J connectivity index is 0.00000272. The van der Waals surface area contributed by atoms with Crippen molar-refractivity contribution in [3.8, 4) is 0 Å². The molecule has 30 heavy (non-hydrogen) atoms. The van der Waals surface area contributed by atoms with Gasteiger partial charge in [0.25, 0.3) is 5.91 Å². The van der Waals surface area contributed by atoms with Gasteiger partial charge in [0.2, 0.25) is 10.0 Å². The number of hydrogen-bond donors (Lipinski definition) is 1. The van der Waals surface area contributed by atoms with Crippen molar-refractivity contribution in [1.82, 2.24) is 19.1 Å². The number of fused-ring (bicyclic) bond motifs is 2. The largest absolute Gasteiger partial charge is 0.338 e. The van der Waals surface area contributed by atoms with Gasteiger partial charge in [0.05, 0.1) is 10.4 Å². The Morgan fingerprint density at radius 2 is 1.77 bits per heavy atom. The predicted octanol–water partition coefficient (Wildman–Crippen LogP) is 2.76. The number of piperidine rings is 1. The molecule has 0 saturated carbocycles. The Morgan fingerprint density at radius 1 is 1.10 bits per heavy atom. The lowest BCUT2D eigenvalue weighted by atomic mass is 9.81. The molecular weight excluding hydrogens is 424 g/mol. The first-order valence-corrected chi connectivity index (χ1v) is 12.1.